The zero-order valence-corrected chi connectivity index (χ0v) is 12.0. The van der Waals surface area contributed by atoms with Crippen molar-refractivity contribution in [2.24, 2.45) is 0 Å². The Morgan fingerprint density at radius 1 is 1.27 bits per heavy atom. The molecule has 0 aliphatic carbocycles. The number of nitrogens with zero attached hydrogens (tertiary/aromatic N) is 1. The molecule has 1 saturated heterocycles. The van der Waals surface area contributed by atoms with Gasteiger partial charge in [0.05, 0.1) is 12.7 Å². The minimum Gasteiger partial charge on any atom is -0.467 e. The average molecular weight is 315 g/mol. The largest absolute Gasteiger partial charge is 0.467 e. The van der Waals surface area contributed by atoms with Gasteiger partial charge in [-0.2, -0.15) is 13.2 Å². The topological polar surface area (TPSA) is 46.6 Å². The van der Waals surface area contributed by atoms with Gasteiger partial charge in [-0.15, -0.1) is 0 Å². The fraction of sp³-hybridized carbons (Fsp3) is 0.467. The Balaban J connectivity index is 2.28. The summed E-state index contributed by atoms with van der Waals surface area (Å²) < 4.78 is 42.9. The number of carbonyl (C=O) groups excluding carboxylic acids is 2. The minimum atomic E-state index is -4.51. The molecule has 0 radical (unpaired) electrons. The summed E-state index contributed by atoms with van der Waals surface area (Å²) in [6, 6.07) is 3.49. The van der Waals surface area contributed by atoms with Crippen molar-refractivity contribution >= 4 is 11.9 Å². The molecular weight excluding hydrogens is 299 g/mol. The molecule has 0 spiro atoms. The maximum absolute atomic E-state index is 12.7. The van der Waals surface area contributed by atoms with E-state index in [1.807, 2.05) is 0 Å². The molecule has 120 valence electrons. The first-order valence-corrected chi connectivity index (χ1v) is 6.90. The molecule has 0 aromatic heterocycles. The van der Waals surface area contributed by atoms with E-state index in [4.69, 9.17) is 0 Å². The van der Waals surface area contributed by atoms with Crippen LogP contribution in [0.5, 0.6) is 0 Å². The fourth-order valence-corrected chi connectivity index (χ4v) is 2.55. The standard InChI is InChI=1S/C15H16F3NO3/c1-22-14(21)12-7-2-3-8-19(12)13(20)10-5-4-6-11(9-10)15(16,17)18/h4-6,9,12H,2-3,7-8H2,1H3/t12-/m0/s1. The number of ether oxygens (including phenoxy) is 1. The predicted molar refractivity (Wildman–Crippen MR) is 72.1 cm³/mol. The number of methoxy groups -OCH3 is 1. The van der Waals surface area contributed by atoms with Crippen LogP contribution in [0.4, 0.5) is 13.2 Å². The van der Waals surface area contributed by atoms with Crippen molar-refractivity contribution in [2.75, 3.05) is 13.7 Å². The molecule has 0 saturated carbocycles. The minimum absolute atomic E-state index is 0.0781. The third kappa shape index (κ3) is 3.40. The zero-order chi connectivity index (χ0) is 16.3. The molecule has 7 heteroatoms. The van der Waals surface area contributed by atoms with Gasteiger partial charge in [-0.3, -0.25) is 4.79 Å². The van der Waals surface area contributed by atoms with Crippen molar-refractivity contribution in [2.45, 2.75) is 31.5 Å². The Kier molecular flexibility index (Phi) is 4.73. The molecule has 4 nitrogen and oxygen atoms in total. The van der Waals surface area contributed by atoms with Crippen LogP contribution < -0.4 is 0 Å². The highest BCUT2D eigenvalue weighted by Crippen LogP contribution is 2.30. The number of carbonyl (C=O) groups is 2. The van der Waals surface area contributed by atoms with Crippen molar-refractivity contribution in [3.8, 4) is 0 Å². The molecule has 1 aromatic carbocycles. The fourth-order valence-electron chi connectivity index (χ4n) is 2.55. The summed E-state index contributed by atoms with van der Waals surface area (Å²) in [5.74, 6) is -1.12. The predicted octanol–water partition coefficient (Wildman–Crippen LogP) is 2.87. The van der Waals surface area contributed by atoms with Gasteiger partial charge in [0, 0.05) is 12.1 Å². The number of hydrogen-bond acceptors (Lipinski definition) is 3. The average Bonchev–Trinajstić information content (AvgIpc) is 2.52. The molecule has 1 atom stereocenters. The zero-order valence-electron chi connectivity index (χ0n) is 12.0. The monoisotopic (exact) mass is 315 g/mol. The van der Waals surface area contributed by atoms with Gasteiger partial charge in [0.25, 0.3) is 5.91 Å². The van der Waals surface area contributed by atoms with Gasteiger partial charge in [-0.1, -0.05) is 6.07 Å². The van der Waals surface area contributed by atoms with Crippen LogP contribution in [0.1, 0.15) is 35.2 Å². The summed E-state index contributed by atoms with van der Waals surface area (Å²) in [5, 5.41) is 0. The number of esters is 1. The molecule has 1 aromatic rings. The summed E-state index contributed by atoms with van der Waals surface area (Å²) >= 11 is 0. The van der Waals surface area contributed by atoms with Crippen LogP contribution in [0.15, 0.2) is 24.3 Å². The Hall–Kier alpha value is -2.05. The van der Waals surface area contributed by atoms with E-state index in [0.717, 1.165) is 18.6 Å². The summed E-state index contributed by atoms with van der Waals surface area (Å²) in [4.78, 5) is 25.5. The molecule has 0 bridgehead atoms. The van der Waals surface area contributed by atoms with Gasteiger partial charge in [-0.25, -0.2) is 4.79 Å². The van der Waals surface area contributed by atoms with Crippen molar-refractivity contribution in [3.63, 3.8) is 0 Å². The number of halogens is 3. The maximum atomic E-state index is 12.7. The number of piperidine rings is 1. The van der Waals surface area contributed by atoms with Crippen LogP contribution in [0, 0.1) is 0 Å². The molecule has 0 N–H and O–H groups in total. The number of rotatable bonds is 2. The number of benzene rings is 1. The van der Waals surface area contributed by atoms with E-state index < -0.39 is 29.7 Å². The van der Waals surface area contributed by atoms with E-state index in [9.17, 15) is 22.8 Å². The Labute approximate surface area is 125 Å². The lowest BCUT2D eigenvalue weighted by molar-refractivity contribution is -0.147. The highest BCUT2D eigenvalue weighted by molar-refractivity contribution is 5.97. The molecule has 1 heterocycles. The summed E-state index contributed by atoms with van der Waals surface area (Å²) in [6.45, 7) is 0.328. The lowest BCUT2D eigenvalue weighted by Crippen LogP contribution is -2.48. The maximum Gasteiger partial charge on any atom is 0.416 e. The Bertz CT molecular complexity index is 571. The molecule has 1 fully saturated rings. The highest BCUT2D eigenvalue weighted by Gasteiger charge is 2.35. The van der Waals surface area contributed by atoms with Gasteiger partial charge in [-0.05, 0) is 37.5 Å². The van der Waals surface area contributed by atoms with E-state index >= 15 is 0 Å². The molecule has 0 unspecified atom stereocenters. The van der Waals surface area contributed by atoms with E-state index in [1.54, 1.807) is 0 Å². The number of alkyl halides is 3. The van der Waals surface area contributed by atoms with Gasteiger partial charge in [0.2, 0.25) is 0 Å². The second kappa shape index (κ2) is 6.37. The van der Waals surface area contributed by atoms with Crippen molar-refractivity contribution in [1.82, 2.24) is 4.90 Å². The Morgan fingerprint density at radius 3 is 2.64 bits per heavy atom. The van der Waals surface area contributed by atoms with Gasteiger partial charge in [0.15, 0.2) is 0 Å². The first kappa shape index (κ1) is 16.3. The SMILES string of the molecule is COC(=O)[C@@H]1CCCCN1C(=O)c1cccc(C(F)(F)F)c1. The Morgan fingerprint density at radius 2 is 2.00 bits per heavy atom. The van der Waals surface area contributed by atoms with Crippen LogP contribution in [0.3, 0.4) is 0 Å². The van der Waals surface area contributed by atoms with Crippen LogP contribution in [-0.2, 0) is 15.7 Å². The van der Waals surface area contributed by atoms with Crippen molar-refractivity contribution in [1.29, 1.82) is 0 Å². The van der Waals surface area contributed by atoms with Crippen molar-refractivity contribution < 1.29 is 27.5 Å². The van der Waals surface area contributed by atoms with E-state index in [2.05, 4.69) is 4.74 Å². The lowest BCUT2D eigenvalue weighted by atomic mass is 10.00. The smallest absolute Gasteiger partial charge is 0.416 e. The van der Waals surface area contributed by atoms with Crippen LogP contribution in [0.2, 0.25) is 0 Å². The molecular formula is C15H16F3NO3. The summed E-state index contributed by atoms with van der Waals surface area (Å²) in [5.41, 5.74) is -0.962. The molecule has 1 aliphatic heterocycles. The molecule has 1 amide bonds. The second-order valence-corrected chi connectivity index (χ2v) is 5.11. The van der Waals surface area contributed by atoms with E-state index in [-0.39, 0.29) is 5.56 Å². The van der Waals surface area contributed by atoms with Crippen LogP contribution in [0.25, 0.3) is 0 Å². The number of hydrogen-bond donors (Lipinski definition) is 0. The first-order valence-electron chi connectivity index (χ1n) is 6.90. The lowest BCUT2D eigenvalue weighted by Gasteiger charge is -2.33. The molecule has 22 heavy (non-hydrogen) atoms. The van der Waals surface area contributed by atoms with Gasteiger partial charge in [0.1, 0.15) is 6.04 Å². The first-order chi connectivity index (χ1) is 10.3. The summed E-state index contributed by atoms with van der Waals surface area (Å²) in [6.07, 6.45) is -2.58. The third-order valence-electron chi connectivity index (χ3n) is 3.67. The summed E-state index contributed by atoms with van der Waals surface area (Å²) in [7, 11) is 1.23. The third-order valence-corrected chi connectivity index (χ3v) is 3.67. The normalized spacial score (nSPS) is 18.9. The number of amides is 1. The quantitative estimate of drug-likeness (QED) is 0.789. The molecule has 2 rings (SSSR count). The van der Waals surface area contributed by atoms with Gasteiger partial charge >= 0.3 is 12.1 Å². The number of likely N-dealkylation sites (tertiary alicyclic amines) is 1. The van der Waals surface area contributed by atoms with E-state index in [1.165, 1.54) is 24.1 Å². The highest BCUT2D eigenvalue weighted by atomic mass is 19.4. The van der Waals surface area contributed by atoms with E-state index in [0.29, 0.717) is 19.4 Å². The molecule has 1 aliphatic rings. The second-order valence-electron chi connectivity index (χ2n) is 5.11. The van der Waals surface area contributed by atoms with Gasteiger partial charge < -0.3 is 9.64 Å². The van der Waals surface area contributed by atoms with Crippen LogP contribution in [-0.4, -0.2) is 36.5 Å². The van der Waals surface area contributed by atoms with Crippen molar-refractivity contribution in [3.05, 3.63) is 35.4 Å². The van der Waals surface area contributed by atoms with Crippen LogP contribution >= 0.6 is 0 Å².